The highest BCUT2D eigenvalue weighted by atomic mass is 19.1. The van der Waals surface area contributed by atoms with Crippen LogP contribution in [-0.4, -0.2) is 77.9 Å². The van der Waals surface area contributed by atoms with Crippen LogP contribution in [-0.2, 0) is 4.79 Å². The van der Waals surface area contributed by atoms with Crippen molar-refractivity contribution in [1.29, 1.82) is 0 Å². The average molecular weight is 445 g/mol. The number of halogens is 1. The summed E-state index contributed by atoms with van der Waals surface area (Å²) < 4.78 is 13.1. The highest BCUT2D eigenvalue weighted by Crippen LogP contribution is 2.22. The second kappa shape index (κ2) is 10.3. The molecule has 1 saturated carbocycles. The quantitative estimate of drug-likeness (QED) is 0.779. The average Bonchev–Trinajstić information content (AvgIpc) is 2.84. The molecule has 1 N–H and O–H groups in total. The standard InChI is InChI=1S/C24H33FN4O3/c25-20-8-6-18(7-9-20)22(30)27-12-10-19(11-13-27)23(31)28-14-16-29(17-15-28)24(32)26-21-4-2-1-3-5-21/h6-9,19,21H,1-5,10-17H2,(H,26,32). The van der Waals surface area contributed by atoms with Gasteiger partial charge in [0.05, 0.1) is 0 Å². The Morgan fingerprint density at radius 1 is 0.750 bits per heavy atom. The van der Waals surface area contributed by atoms with Crippen molar-refractivity contribution in [2.75, 3.05) is 39.3 Å². The number of piperidine rings is 1. The molecular formula is C24H33FN4O3. The normalized spacial score (nSPS) is 20.8. The number of rotatable bonds is 3. The number of urea groups is 1. The molecule has 1 aromatic rings. The van der Waals surface area contributed by atoms with Gasteiger partial charge in [-0.2, -0.15) is 0 Å². The van der Waals surface area contributed by atoms with E-state index in [9.17, 15) is 18.8 Å². The Balaban J connectivity index is 1.21. The van der Waals surface area contributed by atoms with Crippen molar-refractivity contribution in [2.24, 2.45) is 5.92 Å². The van der Waals surface area contributed by atoms with Crippen molar-refractivity contribution in [3.05, 3.63) is 35.6 Å². The Kier molecular flexibility index (Phi) is 7.27. The highest BCUT2D eigenvalue weighted by Gasteiger charge is 2.33. The lowest BCUT2D eigenvalue weighted by Crippen LogP contribution is -2.56. The van der Waals surface area contributed by atoms with Gasteiger partial charge in [0.25, 0.3) is 5.91 Å². The molecule has 0 bridgehead atoms. The van der Waals surface area contributed by atoms with Crippen LogP contribution >= 0.6 is 0 Å². The van der Waals surface area contributed by atoms with Gasteiger partial charge in [0.15, 0.2) is 0 Å². The maximum atomic E-state index is 13.1. The number of hydrogen-bond donors (Lipinski definition) is 1. The van der Waals surface area contributed by atoms with Crippen molar-refractivity contribution in [3.63, 3.8) is 0 Å². The molecule has 7 nitrogen and oxygen atoms in total. The van der Waals surface area contributed by atoms with Gasteiger partial charge in [-0.1, -0.05) is 19.3 Å². The number of nitrogens with zero attached hydrogens (tertiary/aromatic N) is 3. The number of benzene rings is 1. The molecule has 2 aliphatic heterocycles. The molecule has 2 saturated heterocycles. The van der Waals surface area contributed by atoms with Crippen LogP contribution in [0.3, 0.4) is 0 Å². The molecule has 0 radical (unpaired) electrons. The van der Waals surface area contributed by atoms with Crippen LogP contribution in [0.4, 0.5) is 9.18 Å². The second-order valence-electron chi connectivity index (χ2n) is 9.17. The third-order valence-electron chi connectivity index (χ3n) is 7.03. The predicted octanol–water partition coefficient (Wildman–Crippen LogP) is 2.86. The molecular weight excluding hydrogens is 411 g/mol. The molecule has 1 aliphatic carbocycles. The zero-order chi connectivity index (χ0) is 22.5. The molecule has 3 fully saturated rings. The Hall–Kier alpha value is -2.64. The summed E-state index contributed by atoms with van der Waals surface area (Å²) in [5, 5.41) is 3.15. The van der Waals surface area contributed by atoms with Crippen LogP contribution < -0.4 is 5.32 Å². The van der Waals surface area contributed by atoms with Crippen LogP contribution in [0.2, 0.25) is 0 Å². The third kappa shape index (κ3) is 5.40. The van der Waals surface area contributed by atoms with Crippen LogP contribution in [0, 0.1) is 11.7 Å². The molecule has 0 unspecified atom stereocenters. The van der Waals surface area contributed by atoms with E-state index < -0.39 is 0 Å². The molecule has 0 aromatic heterocycles. The van der Waals surface area contributed by atoms with E-state index in [0.29, 0.717) is 63.7 Å². The molecule has 3 aliphatic rings. The molecule has 0 spiro atoms. The predicted molar refractivity (Wildman–Crippen MR) is 119 cm³/mol. The Morgan fingerprint density at radius 3 is 1.97 bits per heavy atom. The maximum Gasteiger partial charge on any atom is 0.317 e. The summed E-state index contributed by atoms with van der Waals surface area (Å²) in [6.45, 7) is 3.29. The van der Waals surface area contributed by atoms with Crippen molar-refractivity contribution < 1.29 is 18.8 Å². The second-order valence-corrected chi connectivity index (χ2v) is 9.17. The molecule has 0 atom stereocenters. The van der Waals surface area contributed by atoms with E-state index in [1.165, 1.54) is 43.5 Å². The van der Waals surface area contributed by atoms with Crippen molar-refractivity contribution >= 4 is 17.8 Å². The number of amides is 4. The van der Waals surface area contributed by atoms with E-state index in [0.717, 1.165) is 12.8 Å². The number of likely N-dealkylation sites (tertiary alicyclic amines) is 1. The first-order valence-corrected chi connectivity index (χ1v) is 11.9. The first kappa shape index (κ1) is 22.6. The van der Waals surface area contributed by atoms with Crippen molar-refractivity contribution in [1.82, 2.24) is 20.0 Å². The monoisotopic (exact) mass is 444 g/mol. The minimum atomic E-state index is -0.364. The van der Waals surface area contributed by atoms with Crippen LogP contribution in [0.15, 0.2) is 24.3 Å². The molecule has 4 rings (SSSR count). The fourth-order valence-corrected chi connectivity index (χ4v) is 5.01. The minimum absolute atomic E-state index is 0.00314. The lowest BCUT2D eigenvalue weighted by molar-refractivity contribution is -0.138. The minimum Gasteiger partial charge on any atom is -0.339 e. The van der Waals surface area contributed by atoms with E-state index >= 15 is 0 Å². The smallest absolute Gasteiger partial charge is 0.317 e. The van der Waals surface area contributed by atoms with Gasteiger partial charge >= 0.3 is 6.03 Å². The van der Waals surface area contributed by atoms with E-state index in [1.807, 2.05) is 9.80 Å². The van der Waals surface area contributed by atoms with Gasteiger partial charge in [0, 0.05) is 56.8 Å². The Bertz CT molecular complexity index is 809. The first-order valence-electron chi connectivity index (χ1n) is 11.9. The summed E-state index contributed by atoms with van der Waals surface area (Å²) in [6, 6.07) is 5.87. The number of hydrogen-bond acceptors (Lipinski definition) is 3. The van der Waals surface area contributed by atoms with Gasteiger partial charge < -0.3 is 20.0 Å². The van der Waals surface area contributed by atoms with Crippen molar-refractivity contribution in [3.8, 4) is 0 Å². The highest BCUT2D eigenvalue weighted by molar-refractivity contribution is 5.94. The van der Waals surface area contributed by atoms with Gasteiger partial charge in [-0.05, 0) is 49.9 Å². The Labute approximate surface area is 188 Å². The maximum absolute atomic E-state index is 13.1. The van der Waals surface area contributed by atoms with E-state index in [-0.39, 0.29) is 29.6 Å². The number of carbonyl (C=O) groups is 3. The SMILES string of the molecule is O=C(NC1CCCCC1)N1CCN(C(=O)C2CCN(C(=O)c3ccc(F)cc3)CC2)CC1. The fraction of sp³-hybridized carbons (Fsp3) is 0.625. The van der Waals surface area contributed by atoms with Gasteiger partial charge in [0.1, 0.15) is 5.82 Å². The van der Waals surface area contributed by atoms with Gasteiger partial charge in [-0.15, -0.1) is 0 Å². The molecule has 4 amide bonds. The topological polar surface area (TPSA) is 73.0 Å². The van der Waals surface area contributed by atoms with Crippen molar-refractivity contribution in [2.45, 2.75) is 51.0 Å². The van der Waals surface area contributed by atoms with E-state index in [2.05, 4.69) is 5.32 Å². The van der Waals surface area contributed by atoms with Gasteiger partial charge in [0.2, 0.25) is 5.91 Å². The van der Waals surface area contributed by atoms with Crippen LogP contribution in [0.5, 0.6) is 0 Å². The van der Waals surface area contributed by atoms with Crippen LogP contribution in [0.1, 0.15) is 55.3 Å². The van der Waals surface area contributed by atoms with Crippen LogP contribution in [0.25, 0.3) is 0 Å². The number of nitrogens with one attached hydrogen (secondary N) is 1. The summed E-state index contributed by atoms with van der Waals surface area (Å²) in [7, 11) is 0. The third-order valence-corrected chi connectivity index (χ3v) is 7.03. The molecule has 8 heteroatoms. The summed E-state index contributed by atoms with van der Waals surface area (Å²) in [5.74, 6) is -0.438. The summed E-state index contributed by atoms with van der Waals surface area (Å²) in [6.07, 6.45) is 7.01. The number of carbonyl (C=O) groups excluding carboxylic acids is 3. The summed E-state index contributed by atoms with van der Waals surface area (Å²) in [5.41, 5.74) is 0.471. The molecule has 174 valence electrons. The summed E-state index contributed by atoms with van der Waals surface area (Å²) in [4.78, 5) is 43.6. The van der Waals surface area contributed by atoms with E-state index in [4.69, 9.17) is 0 Å². The summed E-state index contributed by atoms with van der Waals surface area (Å²) >= 11 is 0. The fourth-order valence-electron chi connectivity index (χ4n) is 5.01. The zero-order valence-electron chi connectivity index (χ0n) is 18.6. The van der Waals surface area contributed by atoms with Gasteiger partial charge in [-0.3, -0.25) is 9.59 Å². The lowest BCUT2D eigenvalue weighted by atomic mass is 9.94. The van der Waals surface area contributed by atoms with E-state index in [1.54, 1.807) is 4.90 Å². The lowest BCUT2D eigenvalue weighted by Gasteiger charge is -2.39. The molecule has 1 aromatic carbocycles. The Morgan fingerprint density at radius 2 is 1.34 bits per heavy atom. The molecule has 2 heterocycles. The molecule has 32 heavy (non-hydrogen) atoms. The largest absolute Gasteiger partial charge is 0.339 e. The number of piperazine rings is 1. The first-order chi connectivity index (χ1) is 15.5. The van der Waals surface area contributed by atoms with Gasteiger partial charge in [-0.25, -0.2) is 9.18 Å². The zero-order valence-corrected chi connectivity index (χ0v) is 18.6.